The predicted molar refractivity (Wildman–Crippen MR) is 109 cm³/mol. The van der Waals surface area contributed by atoms with Gasteiger partial charge in [-0.2, -0.15) is 0 Å². The molecule has 0 aliphatic carbocycles. The van der Waals surface area contributed by atoms with Crippen molar-refractivity contribution in [2.24, 2.45) is 0 Å². The number of nitrogens with one attached hydrogen (secondary N) is 1. The third-order valence-corrected chi connectivity index (χ3v) is 5.48. The van der Waals surface area contributed by atoms with Crippen LogP contribution in [0.15, 0.2) is 54.2 Å². The van der Waals surface area contributed by atoms with Crippen molar-refractivity contribution in [2.45, 2.75) is 25.8 Å². The summed E-state index contributed by atoms with van der Waals surface area (Å²) in [5.74, 6) is -0.437. The van der Waals surface area contributed by atoms with Crippen LogP contribution in [0.1, 0.15) is 24.1 Å². The molecule has 1 saturated heterocycles. The Hall–Kier alpha value is -3.39. The number of pyridine rings is 1. The van der Waals surface area contributed by atoms with E-state index in [9.17, 15) is 14.4 Å². The van der Waals surface area contributed by atoms with Crippen molar-refractivity contribution >= 4 is 34.7 Å². The number of rotatable bonds is 6. The van der Waals surface area contributed by atoms with Gasteiger partial charge in [0.1, 0.15) is 5.01 Å². The number of nitrogens with zero attached hydrogens (tertiary/aromatic N) is 3. The quantitative estimate of drug-likeness (QED) is 0.635. The molecule has 2 aromatic heterocycles. The molecule has 146 valence electrons. The van der Waals surface area contributed by atoms with Gasteiger partial charge in [-0.3, -0.25) is 24.3 Å². The van der Waals surface area contributed by atoms with Crippen LogP contribution in [-0.2, 0) is 27.3 Å². The second kappa shape index (κ2) is 8.32. The molecule has 1 N–H and O–H groups in total. The number of imide groups is 1. The van der Waals surface area contributed by atoms with E-state index in [0.29, 0.717) is 11.4 Å². The number of aromatic nitrogens is 2. The molecule has 1 aliphatic heterocycles. The summed E-state index contributed by atoms with van der Waals surface area (Å²) in [6.07, 6.45) is 4.19. The van der Waals surface area contributed by atoms with Gasteiger partial charge in [-0.1, -0.05) is 12.1 Å². The van der Waals surface area contributed by atoms with Crippen LogP contribution in [0.2, 0.25) is 0 Å². The minimum Gasteiger partial charge on any atom is -0.326 e. The Balaban J connectivity index is 1.33. The molecule has 1 aliphatic rings. The van der Waals surface area contributed by atoms with Gasteiger partial charge in [-0.15, -0.1) is 11.3 Å². The predicted octanol–water partition coefficient (Wildman–Crippen LogP) is 3.04. The molecular weight excluding hydrogens is 388 g/mol. The summed E-state index contributed by atoms with van der Waals surface area (Å²) < 4.78 is 0. The van der Waals surface area contributed by atoms with Gasteiger partial charge < -0.3 is 5.32 Å². The summed E-state index contributed by atoms with van der Waals surface area (Å²) in [4.78, 5) is 45.6. The Morgan fingerprint density at radius 1 is 1.10 bits per heavy atom. The summed E-state index contributed by atoms with van der Waals surface area (Å²) in [5, 5.41) is 5.54. The molecule has 8 heteroatoms. The standard InChI is InChI=1S/C21H18N4O3S/c26-18(10-17-13-29-21(24-17)15-2-1-9-22-11-15)23-16-5-3-14(4-6-16)12-25-19(27)7-8-20(25)28/h1-6,9,11,13H,7-8,10,12H2,(H,23,26). The average molecular weight is 406 g/mol. The lowest BCUT2D eigenvalue weighted by Gasteiger charge is -2.14. The average Bonchev–Trinajstić information content (AvgIpc) is 3.32. The van der Waals surface area contributed by atoms with E-state index < -0.39 is 0 Å². The Labute approximate surface area is 171 Å². The lowest BCUT2D eigenvalue weighted by molar-refractivity contribution is -0.139. The number of hydrogen-bond donors (Lipinski definition) is 1. The first-order valence-electron chi connectivity index (χ1n) is 9.15. The van der Waals surface area contributed by atoms with Crippen LogP contribution in [0.4, 0.5) is 5.69 Å². The van der Waals surface area contributed by atoms with Gasteiger partial charge in [0, 0.05) is 41.9 Å². The highest BCUT2D eigenvalue weighted by Gasteiger charge is 2.28. The number of carbonyl (C=O) groups is 3. The first kappa shape index (κ1) is 18.9. The first-order valence-corrected chi connectivity index (χ1v) is 10.0. The van der Waals surface area contributed by atoms with Gasteiger partial charge in [0.2, 0.25) is 17.7 Å². The number of likely N-dealkylation sites (tertiary alicyclic amines) is 1. The monoisotopic (exact) mass is 406 g/mol. The molecule has 0 bridgehead atoms. The fourth-order valence-electron chi connectivity index (χ4n) is 3.05. The zero-order valence-corrected chi connectivity index (χ0v) is 16.3. The smallest absolute Gasteiger partial charge is 0.230 e. The van der Waals surface area contributed by atoms with Crippen molar-refractivity contribution in [3.8, 4) is 10.6 Å². The van der Waals surface area contributed by atoms with E-state index in [1.807, 2.05) is 17.5 Å². The van der Waals surface area contributed by atoms with Gasteiger partial charge in [-0.25, -0.2) is 4.98 Å². The van der Waals surface area contributed by atoms with Gasteiger partial charge in [-0.05, 0) is 29.8 Å². The Kier molecular flexibility index (Phi) is 5.44. The summed E-state index contributed by atoms with van der Waals surface area (Å²) in [7, 11) is 0. The van der Waals surface area contributed by atoms with Crippen molar-refractivity contribution in [3.63, 3.8) is 0 Å². The molecule has 4 rings (SSSR count). The molecule has 29 heavy (non-hydrogen) atoms. The Bertz CT molecular complexity index is 1030. The van der Waals surface area contributed by atoms with Crippen molar-refractivity contribution in [1.29, 1.82) is 0 Å². The molecule has 3 heterocycles. The van der Waals surface area contributed by atoms with Crippen LogP contribution < -0.4 is 5.32 Å². The second-order valence-corrected chi connectivity index (χ2v) is 7.54. The van der Waals surface area contributed by atoms with E-state index in [-0.39, 0.29) is 43.5 Å². The maximum atomic E-state index is 12.3. The van der Waals surface area contributed by atoms with Crippen molar-refractivity contribution in [1.82, 2.24) is 14.9 Å². The Morgan fingerprint density at radius 3 is 2.55 bits per heavy atom. The van der Waals surface area contributed by atoms with Gasteiger partial charge in [0.15, 0.2) is 0 Å². The molecule has 7 nitrogen and oxygen atoms in total. The highest BCUT2D eigenvalue weighted by molar-refractivity contribution is 7.13. The molecule has 0 unspecified atom stereocenters. The van der Waals surface area contributed by atoms with Crippen molar-refractivity contribution in [3.05, 3.63) is 65.4 Å². The van der Waals surface area contributed by atoms with E-state index >= 15 is 0 Å². The molecule has 0 atom stereocenters. The van der Waals surface area contributed by atoms with Crippen LogP contribution in [0.3, 0.4) is 0 Å². The van der Waals surface area contributed by atoms with E-state index in [4.69, 9.17) is 0 Å². The SMILES string of the molecule is O=C(Cc1csc(-c2cccnc2)n1)Nc1ccc(CN2C(=O)CCC2=O)cc1. The van der Waals surface area contributed by atoms with E-state index in [1.165, 1.54) is 16.2 Å². The molecule has 1 aromatic carbocycles. The minimum absolute atomic E-state index is 0.138. The lowest BCUT2D eigenvalue weighted by Crippen LogP contribution is -2.28. The molecule has 0 spiro atoms. The summed E-state index contributed by atoms with van der Waals surface area (Å²) in [6.45, 7) is 0.266. The molecule has 0 saturated carbocycles. The number of anilines is 1. The van der Waals surface area contributed by atoms with Crippen LogP contribution in [0.25, 0.3) is 10.6 Å². The lowest BCUT2D eigenvalue weighted by atomic mass is 10.2. The van der Waals surface area contributed by atoms with E-state index in [1.54, 1.807) is 36.7 Å². The third-order valence-electron chi connectivity index (χ3n) is 4.54. The summed E-state index contributed by atoms with van der Waals surface area (Å²) in [5.41, 5.74) is 3.12. The fraction of sp³-hybridized carbons (Fsp3) is 0.190. The maximum Gasteiger partial charge on any atom is 0.230 e. The van der Waals surface area contributed by atoms with Gasteiger partial charge >= 0.3 is 0 Å². The van der Waals surface area contributed by atoms with Crippen LogP contribution >= 0.6 is 11.3 Å². The maximum absolute atomic E-state index is 12.3. The largest absolute Gasteiger partial charge is 0.326 e. The topological polar surface area (TPSA) is 92.3 Å². The van der Waals surface area contributed by atoms with Gasteiger partial charge in [0.05, 0.1) is 18.7 Å². The number of amides is 3. The molecule has 1 fully saturated rings. The molecule has 3 aromatic rings. The minimum atomic E-state index is -0.161. The van der Waals surface area contributed by atoms with E-state index in [0.717, 1.165) is 16.1 Å². The number of carbonyl (C=O) groups excluding carboxylic acids is 3. The zero-order valence-electron chi connectivity index (χ0n) is 15.5. The Morgan fingerprint density at radius 2 is 1.86 bits per heavy atom. The summed E-state index contributed by atoms with van der Waals surface area (Å²) in [6, 6.07) is 10.9. The van der Waals surface area contributed by atoms with E-state index in [2.05, 4.69) is 15.3 Å². The number of benzene rings is 1. The third kappa shape index (κ3) is 4.55. The van der Waals surface area contributed by atoms with Crippen LogP contribution in [0.5, 0.6) is 0 Å². The van der Waals surface area contributed by atoms with Crippen LogP contribution in [-0.4, -0.2) is 32.6 Å². The first-order chi connectivity index (χ1) is 14.1. The normalized spacial score (nSPS) is 13.7. The summed E-state index contributed by atoms with van der Waals surface area (Å²) >= 11 is 1.48. The zero-order chi connectivity index (χ0) is 20.2. The highest BCUT2D eigenvalue weighted by atomic mass is 32.1. The van der Waals surface area contributed by atoms with Gasteiger partial charge in [0.25, 0.3) is 0 Å². The van der Waals surface area contributed by atoms with Crippen molar-refractivity contribution in [2.75, 3.05) is 5.32 Å². The molecule has 3 amide bonds. The fourth-order valence-corrected chi connectivity index (χ4v) is 3.87. The number of thiazole rings is 1. The van der Waals surface area contributed by atoms with Crippen molar-refractivity contribution < 1.29 is 14.4 Å². The molecule has 0 radical (unpaired) electrons. The highest BCUT2D eigenvalue weighted by Crippen LogP contribution is 2.23. The second-order valence-electron chi connectivity index (χ2n) is 6.68. The molecular formula is C21H18N4O3S. The van der Waals surface area contributed by atoms with Crippen LogP contribution in [0, 0.1) is 0 Å². The number of hydrogen-bond acceptors (Lipinski definition) is 6.